The molecule has 0 bridgehead atoms. The van der Waals surface area contributed by atoms with E-state index < -0.39 is 0 Å². The number of hydrogen-bond donors (Lipinski definition) is 2. The number of nitrogens with zero attached hydrogens (tertiary/aromatic N) is 2. The molecule has 2 N–H and O–H groups in total. The Balaban J connectivity index is 1.30. The highest BCUT2D eigenvalue weighted by molar-refractivity contribution is 5.93. The first-order chi connectivity index (χ1) is 14.3. The Labute approximate surface area is 170 Å². The topological polar surface area (TPSA) is 76.1 Å². The highest BCUT2D eigenvalue weighted by atomic mass is 16.5. The molecule has 1 fully saturated rings. The average molecular weight is 388 g/mol. The Bertz CT molecular complexity index is 921. The minimum absolute atomic E-state index is 0.108. The van der Waals surface area contributed by atoms with Crippen molar-refractivity contribution in [3.63, 3.8) is 0 Å². The van der Waals surface area contributed by atoms with Crippen LogP contribution in [0, 0.1) is 0 Å². The Morgan fingerprint density at radius 3 is 2.34 bits per heavy atom. The minimum Gasteiger partial charge on any atom is -0.489 e. The SMILES string of the molecule is O=C(NC1CCCC1)c1cnc(Nc2ccc(OCc3ccccc3)cc2)nc1. The molecule has 1 amide bonds. The van der Waals surface area contributed by atoms with Crippen molar-refractivity contribution in [2.24, 2.45) is 0 Å². The lowest BCUT2D eigenvalue weighted by molar-refractivity contribution is 0.0937. The van der Waals surface area contributed by atoms with E-state index in [0.29, 0.717) is 18.1 Å². The zero-order chi connectivity index (χ0) is 19.9. The number of anilines is 2. The Morgan fingerprint density at radius 2 is 1.66 bits per heavy atom. The van der Waals surface area contributed by atoms with E-state index in [2.05, 4.69) is 20.6 Å². The molecule has 0 unspecified atom stereocenters. The van der Waals surface area contributed by atoms with E-state index in [-0.39, 0.29) is 11.9 Å². The van der Waals surface area contributed by atoms with Crippen LogP contribution in [0.5, 0.6) is 5.75 Å². The van der Waals surface area contributed by atoms with Gasteiger partial charge in [-0.25, -0.2) is 9.97 Å². The summed E-state index contributed by atoms with van der Waals surface area (Å²) in [6.07, 6.45) is 7.57. The second-order valence-corrected chi connectivity index (χ2v) is 7.17. The molecular weight excluding hydrogens is 364 g/mol. The number of carbonyl (C=O) groups excluding carboxylic acids is 1. The predicted molar refractivity (Wildman–Crippen MR) is 112 cm³/mol. The van der Waals surface area contributed by atoms with E-state index in [4.69, 9.17) is 4.74 Å². The van der Waals surface area contributed by atoms with Crippen LogP contribution in [-0.4, -0.2) is 21.9 Å². The zero-order valence-corrected chi connectivity index (χ0v) is 16.2. The molecule has 0 saturated heterocycles. The van der Waals surface area contributed by atoms with E-state index in [0.717, 1.165) is 29.8 Å². The number of nitrogens with one attached hydrogen (secondary N) is 2. The van der Waals surface area contributed by atoms with Crippen molar-refractivity contribution in [1.82, 2.24) is 15.3 Å². The summed E-state index contributed by atoms with van der Waals surface area (Å²) in [5.74, 6) is 1.13. The van der Waals surface area contributed by atoms with Gasteiger partial charge in [0.05, 0.1) is 5.56 Å². The van der Waals surface area contributed by atoms with E-state index in [1.54, 1.807) is 12.4 Å². The molecule has 0 radical (unpaired) electrons. The fourth-order valence-corrected chi connectivity index (χ4v) is 3.35. The Hall–Kier alpha value is -3.41. The van der Waals surface area contributed by atoms with E-state index >= 15 is 0 Å². The monoisotopic (exact) mass is 388 g/mol. The van der Waals surface area contributed by atoms with Crippen LogP contribution < -0.4 is 15.4 Å². The molecule has 0 aliphatic heterocycles. The molecule has 6 nitrogen and oxygen atoms in total. The van der Waals surface area contributed by atoms with Crippen molar-refractivity contribution < 1.29 is 9.53 Å². The van der Waals surface area contributed by atoms with Crippen LogP contribution in [0.3, 0.4) is 0 Å². The molecule has 1 aromatic heterocycles. The minimum atomic E-state index is -0.108. The number of benzene rings is 2. The van der Waals surface area contributed by atoms with Gasteiger partial charge >= 0.3 is 0 Å². The summed E-state index contributed by atoms with van der Waals surface area (Å²) in [5.41, 5.74) is 2.45. The number of hydrogen-bond acceptors (Lipinski definition) is 5. The van der Waals surface area contributed by atoms with Gasteiger partial charge in [-0.1, -0.05) is 43.2 Å². The molecule has 29 heavy (non-hydrogen) atoms. The summed E-state index contributed by atoms with van der Waals surface area (Å²) in [5, 5.41) is 6.18. The van der Waals surface area contributed by atoms with Crippen LogP contribution in [0.25, 0.3) is 0 Å². The van der Waals surface area contributed by atoms with Crippen molar-refractivity contribution in [3.05, 3.63) is 78.1 Å². The van der Waals surface area contributed by atoms with Crippen LogP contribution in [0.2, 0.25) is 0 Å². The first-order valence-electron chi connectivity index (χ1n) is 9.93. The molecule has 0 atom stereocenters. The molecule has 1 aliphatic rings. The lowest BCUT2D eigenvalue weighted by atomic mass is 10.2. The second-order valence-electron chi connectivity index (χ2n) is 7.17. The van der Waals surface area contributed by atoms with Gasteiger partial charge in [-0.05, 0) is 42.7 Å². The van der Waals surface area contributed by atoms with Gasteiger partial charge in [0.1, 0.15) is 12.4 Å². The maximum absolute atomic E-state index is 12.2. The predicted octanol–water partition coefficient (Wildman–Crippen LogP) is 4.47. The molecular formula is C23H24N4O2. The van der Waals surface area contributed by atoms with Crippen molar-refractivity contribution in [1.29, 1.82) is 0 Å². The van der Waals surface area contributed by atoms with Crippen molar-refractivity contribution in [2.45, 2.75) is 38.3 Å². The summed E-state index contributed by atoms with van der Waals surface area (Å²) < 4.78 is 5.79. The number of aromatic nitrogens is 2. The largest absolute Gasteiger partial charge is 0.489 e. The molecule has 6 heteroatoms. The molecule has 3 aromatic rings. The molecule has 1 heterocycles. The second kappa shape index (κ2) is 9.19. The number of carbonyl (C=O) groups is 1. The van der Waals surface area contributed by atoms with Gasteiger partial charge in [-0.3, -0.25) is 4.79 Å². The zero-order valence-electron chi connectivity index (χ0n) is 16.2. The summed E-state index contributed by atoms with van der Waals surface area (Å²) in [6, 6.07) is 17.9. The van der Waals surface area contributed by atoms with Gasteiger partial charge in [-0.15, -0.1) is 0 Å². The van der Waals surface area contributed by atoms with Crippen LogP contribution in [0.15, 0.2) is 67.0 Å². The normalized spacial score (nSPS) is 13.8. The van der Waals surface area contributed by atoms with Gasteiger partial charge < -0.3 is 15.4 Å². The molecule has 0 spiro atoms. The molecule has 148 valence electrons. The van der Waals surface area contributed by atoms with Gasteiger partial charge in [-0.2, -0.15) is 0 Å². The Kier molecular flexibility index (Phi) is 6.00. The van der Waals surface area contributed by atoms with E-state index in [9.17, 15) is 4.79 Å². The Morgan fingerprint density at radius 1 is 0.966 bits per heavy atom. The maximum Gasteiger partial charge on any atom is 0.254 e. The number of amides is 1. The van der Waals surface area contributed by atoms with Crippen LogP contribution in [0.1, 0.15) is 41.6 Å². The molecule has 1 aliphatic carbocycles. The average Bonchev–Trinajstić information content (AvgIpc) is 3.27. The third kappa shape index (κ3) is 5.31. The third-order valence-electron chi connectivity index (χ3n) is 4.96. The van der Waals surface area contributed by atoms with Crippen LogP contribution in [0.4, 0.5) is 11.6 Å². The summed E-state index contributed by atoms with van der Waals surface area (Å²) in [4.78, 5) is 20.8. The van der Waals surface area contributed by atoms with Gasteiger partial charge in [0.15, 0.2) is 0 Å². The summed E-state index contributed by atoms with van der Waals surface area (Å²) in [6.45, 7) is 0.529. The first-order valence-corrected chi connectivity index (χ1v) is 9.93. The number of rotatable bonds is 7. The molecule has 1 saturated carbocycles. The lowest BCUT2D eigenvalue weighted by Crippen LogP contribution is -2.32. The van der Waals surface area contributed by atoms with E-state index in [1.807, 2.05) is 54.6 Å². The number of ether oxygens (including phenoxy) is 1. The van der Waals surface area contributed by atoms with Crippen LogP contribution in [-0.2, 0) is 6.61 Å². The fraction of sp³-hybridized carbons (Fsp3) is 0.261. The highest BCUT2D eigenvalue weighted by Crippen LogP contribution is 2.20. The van der Waals surface area contributed by atoms with Crippen molar-refractivity contribution in [2.75, 3.05) is 5.32 Å². The first kappa shape index (κ1) is 18.9. The highest BCUT2D eigenvalue weighted by Gasteiger charge is 2.18. The van der Waals surface area contributed by atoms with Crippen molar-refractivity contribution in [3.8, 4) is 5.75 Å². The van der Waals surface area contributed by atoms with Gasteiger partial charge in [0, 0.05) is 24.1 Å². The lowest BCUT2D eigenvalue weighted by Gasteiger charge is -2.12. The molecule has 4 rings (SSSR count). The maximum atomic E-state index is 12.2. The van der Waals surface area contributed by atoms with Crippen LogP contribution >= 0.6 is 0 Å². The smallest absolute Gasteiger partial charge is 0.254 e. The van der Waals surface area contributed by atoms with Gasteiger partial charge in [0.25, 0.3) is 5.91 Å². The quantitative estimate of drug-likeness (QED) is 0.624. The standard InChI is InChI=1S/C23H24N4O2/c28-22(26-19-8-4-5-9-19)18-14-24-23(25-15-18)27-20-10-12-21(13-11-20)29-16-17-6-2-1-3-7-17/h1-3,6-7,10-15,19H,4-5,8-9,16H2,(H,26,28)(H,24,25,27). The summed E-state index contributed by atoms with van der Waals surface area (Å²) >= 11 is 0. The van der Waals surface area contributed by atoms with Gasteiger partial charge in [0.2, 0.25) is 5.95 Å². The van der Waals surface area contributed by atoms with E-state index in [1.165, 1.54) is 12.8 Å². The molecule has 2 aromatic carbocycles. The fourth-order valence-electron chi connectivity index (χ4n) is 3.35. The van der Waals surface area contributed by atoms with Crippen molar-refractivity contribution >= 4 is 17.5 Å². The third-order valence-corrected chi connectivity index (χ3v) is 4.96. The summed E-state index contributed by atoms with van der Waals surface area (Å²) in [7, 11) is 0.